The minimum absolute atomic E-state index is 0.319. The fourth-order valence-electron chi connectivity index (χ4n) is 1.58. The van der Waals surface area contributed by atoms with Gasteiger partial charge in [0, 0.05) is 5.69 Å². The van der Waals surface area contributed by atoms with Gasteiger partial charge in [-0.2, -0.15) is 0 Å². The predicted molar refractivity (Wildman–Crippen MR) is 99.8 cm³/mol. The van der Waals surface area contributed by atoms with Crippen LogP contribution in [0.1, 0.15) is 5.56 Å². The summed E-state index contributed by atoms with van der Waals surface area (Å²) in [5.74, 6) is 1.74. The predicted octanol–water partition coefficient (Wildman–Crippen LogP) is 1.14. The van der Waals surface area contributed by atoms with Gasteiger partial charge in [-0.1, -0.05) is 37.2 Å². The Kier molecular flexibility index (Phi) is 11.1. The van der Waals surface area contributed by atoms with Crippen molar-refractivity contribution in [2.45, 2.75) is 13.1 Å². The summed E-state index contributed by atoms with van der Waals surface area (Å²) in [6.45, 7) is 1.44. The molecule has 24 heavy (non-hydrogen) atoms. The number of nitrogen functional groups attached to an aromatic ring is 3. The Balaban J connectivity index is 0.000000358. The van der Waals surface area contributed by atoms with Gasteiger partial charge < -0.3 is 22.2 Å². The van der Waals surface area contributed by atoms with E-state index >= 15 is 0 Å². The van der Waals surface area contributed by atoms with Crippen LogP contribution in [0.15, 0.2) is 48.5 Å². The molecule has 0 bridgehead atoms. The van der Waals surface area contributed by atoms with E-state index in [0.717, 1.165) is 11.3 Å². The van der Waals surface area contributed by atoms with Crippen LogP contribution in [0.2, 0.25) is 6.82 Å². The summed E-state index contributed by atoms with van der Waals surface area (Å²) >= 11 is 0. The van der Waals surface area contributed by atoms with E-state index in [-0.39, 0.29) is 6.92 Å². The van der Waals surface area contributed by atoms with Gasteiger partial charge in [0.1, 0.15) is 0 Å². The molecule has 0 fully saturated rings. The van der Waals surface area contributed by atoms with Crippen LogP contribution in [0.25, 0.3) is 0 Å². The summed E-state index contributed by atoms with van der Waals surface area (Å²) in [6, 6.07) is 14.8. The van der Waals surface area contributed by atoms with Crippen molar-refractivity contribution in [3.8, 4) is 11.9 Å². The van der Waals surface area contributed by atoms with E-state index in [2.05, 4.69) is 0 Å². The van der Waals surface area contributed by atoms with Gasteiger partial charge in [0.05, 0.1) is 11.4 Å². The van der Waals surface area contributed by atoms with Crippen molar-refractivity contribution < 1.29 is 14.8 Å². The quantitative estimate of drug-likeness (QED) is 0.319. The Labute approximate surface area is 143 Å². The average molecular weight is 325 g/mol. The summed E-state index contributed by atoms with van der Waals surface area (Å²) in [4.78, 5) is 0. The molecule has 0 spiro atoms. The normalized spacial score (nSPS) is 8.08. The van der Waals surface area contributed by atoms with Crippen molar-refractivity contribution in [3.63, 3.8) is 0 Å². The van der Waals surface area contributed by atoms with E-state index in [1.807, 2.05) is 36.4 Å². The second-order valence-corrected chi connectivity index (χ2v) is 4.75. The van der Waals surface area contributed by atoms with Crippen molar-refractivity contribution in [2.75, 3.05) is 17.2 Å². The van der Waals surface area contributed by atoms with Gasteiger partial charge in [-0.05, 0) is 30.1 Å². The van der Waals surface area contributed by atoms with Gasteiger partial charge in [-0.25, -0.2) is 0 Å². The molecule has 0 amide bonds. The molecule has 0 saturated carbocycles. The molecule has 0 atom stereocenters. The van der Waals surface area contributed by atoms with E-state index < -0.39 is 0 Å². The molecule has 0 aliphatic rings. The Morgan fingerprint density at radius 3 is 1.75 bits per heavy atom. The van der Waals surface area contributed by atoms with Gasteiger partial charge in [0.15, 0.2) is 0 Å². The topological polar surface area (TPSA) is 136 Å². The zero-order chi connectivity index (χ0) is 18.4. The summed E-state index contributed by atoms with van der Waals surface area (Å²) in [5.41, 5.74) is 19.5. The molecule has 0 saturated heterocycles. The third kappa shape index (κ3) is 9.92. The molecular weight excluding hydrogens is 304 g/mol. The summed E-state index contributed by atoms with van der Waals surface area (Å²) < 4.78 is 9.07. The number of hydrogen-bond acceptors (Lipinski definition) is 6. The molecule has 0 radical (unpaired) electrons. The number of rotatable bonds is 2. The molecule has 0 heterocycles. The van der Waals surface area contributed by atoms with Crippen LogP contribution in [0.4, 0.5) is 17.1 Å². The molecule has 2 aromatic carbocycles. The van der Waals surface area contributed by atoms with Crippen LogP contribution in [-0.4, -0.2) is 24.2 Å². The summed E-state index contributed by atoms with van der Waals surface area (Å²) in [6.07, 6.45) is 2.03. The Hall–Kier alpha value is -2.91. The number of para-hydroxylation sites is 3. The molecule has 0 aliphatic carbocycles. The van der Waals surface area contributed by atoms with Gasteiger partial charge in [-0.3, -0.25) is 0 Å². The van der Waals surface area contributed by atoms with Crippen molar-refractivity contribution in [1.82, 2.24) is 0 Å². The molecule has 0 aromatic heterocycles. The first kappa shape index (κ1) is 21.1. The van der Waals surface area contributed by atoms with E-state index in [9.17, 15) is 0 Å². The molecule has 0 aliphatic heterocycles. The first-order chi connectivity index (χ1) is 11.4. The van der Waals surface area contributed by atoms with Crippen molar-refractivity contribution >= 4 is 31.1 Å². The SMILES string of the molecule is CB(O)Cc1ccccc1N.Nc1ccccc1N.O=BC#CO. The van der Waals surface area contributed by atoms with Gasteiger partial charge >= 0.3 is 28.9 Å². The number of benzene rings is 2. The van der Waals surface area contributed by atoms with Crippen molar-refractivity contribution in [3.05, 3.63) is 54.1 Å². The second-order valence-electron chi connectivity index (χ2n) is 4.75. The Morgan fingerprint density at radius 1 is 1.00 bits per heavy atom. The molecule has 2 rings (SSSR count). The van der Waals surface area contributed by atoms with E-state index in [1.165, 1.54) is 6.11 Å². The third-order valence-corrected chi connectivity index (χ3v) is 2.69. The fraction of sp³-hybridized carbons (Fsp3) is 0.125. The maximum atomic E-state index is 9.07. The van der Waals surface area contributed by atoms with Crippen LogP contribution in [0.3, 0.4) is 0 Å². The van der Waals surface area contributed by atoms with Gasteiger partial charge in [0.2, 0.25) is 0 Å². The van der Waals surface area contributed by atoms with E-state index in [1.54, 1.807) is 24.8 Å². The monoisotopic (exact) mass is 325 g/mol. The maximum absolute atomic E-state index is 9.07. The molecule has 0 unspecified atom stereocenters. The first-order valence-electron chi connectivity index (χ1n) is 7.12. The molecule has 2 aromatic rings. The van der Waals surface area contributed by atoms with Crippen LogP contribution in [-0.2, 0) is 11.0 Å². The van der Waals surface area contributed by atoms with Gasteiger partial charge in [-0.15, -0.1) is 0 Å². The minimum atomic E-state index is -0.320. The molecule has 8 heteroatoms. The van der Waals surface area contributed by atoms with E-state index in [4.69, 9.17) is 32.0 Å². The standard InChI is InChI=1S/C8H12BNO.C6H8N2.C2HBO2/c1-9(11)6-7-4-2-3-5-8(7)10;7-5-3-1-2-4-6(5)8;4-2-1-3-5/h2-5,11H,6,10H2,1H3;1-4H,7-8H2;4H. The molecule has 6 nitrogen and oxygen atoms in total. The van der Waals surface area contributed by atoms with Crippen molar-refractivity contribution in [1.29, 1.82) is 0 Å². The number of anilines is 3. The number of hydrogen-bond donors (Lipinski definition) is 5. The number of nitrogens with two attached hydrogens (primary N) is 3. The number of aliphatic hydroxyl groups is 1. The van der Waals surface area contributed by atoms with Crippen LogP contribution < -0.4 is 17.2 Å². The molecule has 124 valence electrons. The van der Waals surface area contributed by atoms with Crippen LogP contribution in [0, 0.1) is 11.9 Å². The average Bonchev–Trinajstić information content (AvgIpc) is 2.54. The van der Waals surface area contributed by atoms with Gasteiger partial charge in [0.25, 0.3) is 6.92 Å². The fourth-order valence-corrected chi connectivity index (χ4v) is 1.58. The second kappa shape index (κ2) is 12.6. The van der Waals surface area contributed by atoms with Crippen LogP contribution in [0.5, 0.6) is 0 Å². The van der Waals surface area contributed by atoms with Crippen molar-refractivity contribution in [2.24, 2.45) is 0 Å². The molecule has 8 N–H and O–H groups in total. The summed E-state index contributed by atoms with van der Waals surface area (Å²) in [5, 5.41) is 16.5. The number of aliphatic hydroxyl groups excluding tert-OH is 1. The Morgan fingerprint density at radius 2 is 1.46 bits per heavy atom. The van der Waals surface area contributed by atoms with Crippen LogP contribution >= 0.6 is 0 Å². The Bertz CT molecular complexity index is 665. The summed E-state index contributed by atoms with van der Waals surface area (Å²) in [7, 11) is 0.319. The first-order valence-corrected chi connectivity index (χ1v) is 7.12. The zero-order valence-corrected chi connectivity index (χ0v) is 13.5. The molecular formula is C16H21B2N3O3. The zero-order valence-electron chi connectivity index (χ0n) is 13.5. The third-order valence-electron chi connectivity index (χ3n) is 2.69. The van der Waals surface area contributed by atoms with E-state index in [0.29, 0.717) is 24.8 Å².